The van der Waals surface area contributed by atoms with Gasteiger partial charge in [0.25, 0.3) is 5.91 Å². The molecule has 0 saturated carbocycles. The van der Waals surface area contributed by atoms with E-state index in [1.807, 2.05) is 18.2 Å². The van der Waals surface area contributed by atoms with Gasteiger partial charge in [0.2, 0.25) is 0 Å². The molecule has 0 unspecified atom stereocenters. The van der Waals surface area contributed by atoms with Gasteiger partial charge in [-0.25, -0.2) is 0 Å². The second-order valence-corrected chi connectivity index (χ2v) is 4.53. The van der Waals surface area contributed by atoms with Crippen LogP contribution in [-0.2, 0) is 4.79 Å². The highest BCUT2D eigenvalue weighted by Crippen LogP contribution is 2.34. The second-order valence-electron chi connectivity index (χ2n) is 3.17. The zero-order valence-corrected chi connectivity index (χ0v) is 10.4. The average Bonchev–Trinajstić information content (AvgIpc) is 2.23. The maximum absolute atomic E-state index is 11.6. The topological polar surface area (TPSA) is 29.5 Å². The van der Waals surface area contributed by atoms with Crippen molar-refractivity contribution >= 4 is 40.2 Å². The number of rotatable bonds is 2. The van der Waals surface area contributed by atoms with Crippen LogP contribution in [0.3, 0.4) is 0 Å². The predicted molar refractivity (Wildman–Crippen MR) is 65.8 cm³/mol. The van der Waals surface area contributed by atoms with Crippen LogP contribution in [0.2, 0.25) is 0 Å². The van der Waals surface area contributed by atoms with E-state index in [0.717, 1.165) is 15.9 Å². The monoisotopic (exact) mass is 287 g/mol. The third-order valence-corrected chi connectivity index (χ3v) is 2.88. The first-order valence-corrected chi connectivity index (χ1v) is 5.98. The Morgan fingerprint density at radius 1 is 1.53 bits per heavy atom. The van der Waals surface area contributed by atoms with Crippen LogP contribution >= 0.6 is 28.6 Å². The second kappa shape index (κ2) is 4.45. The molecule has 0 bridgehead atoms. The molecule has 1 aliphatic rings. The first kappa shape index (κ1) is 10.8. The highest BCUT2D eigenvalue weighted by Gasteiger charge is 2.24. The highest BCUT2D eigenvalue weighted by atomic mass is 79.9. The summed E-state index contributed by atoms with van der Waals surface area (Å²) >= 11 is 7.52. The minimum atomic E-state index is -0.0188. The molecule has 1 aliphatic heterocycles. The molecule has 0 radical (unpaired) electrons. The Bertz CT molecular complexity index is 397. The van der Waals surface area contributed by atoms with E-state index in [2.05, 4.69) is 28.6 Å². The fourth-order valence-electron chi connectivity index (χ4n) is 1.52. The standard InChI is InChI=1S/C10H10BrNO2S/c11-7-1-2-9-8(5-7)12(3-4-15)10(13)6-14-9/h1-2,5,15H,3-4,6H2. The zero-order valence-electron chi connectivity index (χ0n) is 7.94. The summed E-state index contributed by atoms with van der Waals surface area (Å²) in [6, 6.07) is 5.64. The highest BCUT2D eigenvalue weighted by molar-refractivity contribution is 9.10. The minimum absolute atomic E-state index is 0.0188. The number of amides is 1. The number of nitrogens with zero attached hydrogens (tertiary/aromatic N) is 1. The summed E-state index contributed by atoms with van der Waals surface area (Å²) in [4.78, 5) is 13.3. The number of anilines is 1. The molecule has 1 amide bonds. The van der Waals surface area contributed by atoms with Crippen molar-refractivity contribution in [3.05, 3.63) is 22.7 Å². The Labute approximate surface area is 102 Å². The SMILES string of the molecule is O=C1COc2ccc(Br)cc2N1CCS. The number of benzene rings is 1. The molecule has 0 aliphatic carbocycles. The molecule has 1 aromatic rings. The largest absolute Gasteiger partial charge is 0.482 e. The molecule has 0 spiro atoms. The third-order valence-electron chi connectivity index (χ3n) is 2.19. The van der Waals surface area contributed by atoms with Gasteiger partial charge in [0.05, 0.1) is 5.69 Å². The van der Waals surface area contributed by atoms with E-state index in [1.54, 1.807) is 4.90 Å². The number of carbonyl (C=O) groups excluding carboxylic acids is 1. The van der Waals surface area contributed by atoms with E-state index in [4.69, 9.17) is 4.74 Å². The fourth-order valence-corrected chi connectivity index (χ4v) is 2.07. The Balaban J connectivity index is 2.41. The molecule has 80 valence electrons. The summed E-state index contributed by atoms with van der Waals surface area (Å²) < 4.78 is 6.26. The Kier molecular flexibility index (Phi) is 3.21. The number of thiol groups is 1. The van der Waals surface area contributed by atoms with Crippen molar-refractivity contribution in [2.45, 2.75) is 0 Å². The van der Waals surface area contributed by atoms with Crippen molar-refractivity contribution in [3.63, 3.8) is 0 Å². The van der Waals surface area contributed by atoms with Crippen LogP contribution in [0.4, 0.5) is 5.69 Å². The lowest BCUT2D eigenvalue weighted by Gasteiger charge is -2.29. The van der Waals surface area contributed by atoms with Crippen molar-refractivity contribution in [2.24, 2.45) is 0 Å². The van der Waals surface area contributed by atoms with E-state index >= 15 is 0 Å². The molecule has 2 rings (SSSR count). The molecule has 3 nitrogen and oxygen atoms in total. The van der Waals surface area contributed by atoms with Gasteiger partial charge in [-0.15, -0.1) is 0 Å². The molecule has 0 aromatic heterocycles. The summed E-state index contributed by atoms with van der Waals surface area (Å²) in [7, 11) is 0. The first-order valence-electron chi connectivity index (χ1n) is 4.56. The van der Waals surface area contributed by atoms with Crippen molar-refractivity contribution in [1.82, 2.24) is 0 Å². The Morgan fingerprint density at radius 3 is 3.07 bits per heavy atom. The fraction of sp³-hybridized carbons (Fsp3) is 0.300. The zero-order chi connectivity index (χ0) is 10.8. The Hall–Kier alpha value is -0.680. The van der Waals surface area contributed by atoms with Gasteiger partial charge in [-0.05, 0) is 18.2 Å². The summed E-state index contributed by atoms with van der Waals surface area (Å²) in [5, 5.41) is 0. The molecular weight excluding hydrogens is 278 g/mol. The number of fused-ring (bicyclic) bond motifs is 1. The molecule has 0 saturated heterocycles. The molecule has 0 N–H and O–H groups in total. The molecular formula is C10H10BrNO2S. The van der Waals surface area contributed by atoms with E-state index in [0.29, 0.717) is 12.3 Å². The maximum Gasteiger partial charge on any atom is 0.265 e. The first-order chi connectivity index (χ1) is 7.22. The summed E-state index contributed by atoms with van der Waals surface area (Å²) in [6.07, 6.45) is 0. The summed E-state index contributed by atoms with van der Waals surface area (Å²) in [5.74, 6) is 1.37. The molecule has 1 heterocycles. The van der Waals surface area contributed by atoms with Gasteiger partial charge in [0, 0.05) is 16.8 Å². The summed E-state index contributed by atoms with van der Waals surface area (Å²) in [5.41, 5.74) is 0.815. The van der Waals surface area contributed by atoms with Crippen LogP contribution in [0.25, 0.3) is 0 Å². The molecule has 5 heteroatoms. The van der Waals surface area contributed by atoms with Gasteiger partial charge in [-0.3, -0.25) is 4.79 Å². The van der Waals surface area contributed by atoms with Crippen LogP contribution in [-0.4, -0.2) is 24.8 Å². The number of halogens is 1. The van der Waals surface area contributed by atoms with Gasteiger partial charge in [-0.1, -0.05) is 15.9 Å². The quantitative estimate of drug-likeness (QED) is 0.845. The van der Waals surface area contributed by atoms with Gasteiger partial charge in [-0.2, -0.15) is 12.6 Å². The van der Waals surface area contributed by atoms with Crippen molar-refractivity contribution < 1.29 is 9.53 Å². The van der Waals surface area contributed by atoms with Crippen LogP contribution < -0.4 is 9.64 Å². The lowest BCUT2D eigenvalue weighted by atomic mass is 10.2. The predicted octanol–water partition coefficient (Wildman–Crippen LogP) is 2.10. The number of hydrogen-bond donors (Lipinski definition) is 1. The smallest absolute Gasteiger partial charge is 0.265 e. The normalized spacial score (nSPS) is 14.8. The van der Waals surface area contributed by atoms with E-state index in [1.165, 1.54) is 0 Å². The number of ether oxygens (including phenoxy) is 1. The van der Waals surface area contributed by atoms with Crippen molar-refractivity contribution in [2.75, 3.05) is 23.8 Å². The van der Waals surface area contributed by atoms with Gasteiger partial charge < -0.3 is 9.64 Å². The molecule has 0 atom stereocenters. The van der Waals surface area contributed by atoms with Crippen molar-refractivity contribution in [1.29, 1.82) is 0 Å². The van der Waals surface area contributed by atoms with Gasteiger partial charge in [0.1, 0.15) is 5.75 Å². The van der Waals surface area contributed by atoms with Crippen LogP contribution in [0.1, 0.15) is 0 Å². The van der Waals surface area contributed by atoms with Gasteiger partial charge in [0.15, 0.2) is 6.61 Å². The summed E-state index contributed by atoms with van der Waals surface area (Å²) in [6.45, 7) is 0.719. The average molecular weight is 288 g/mol. The van der Waals surface area contributed by atoms with Crippen LogP contribution in [0, 0.1) is 0 Å². The number of carbonyl (C=O) groups is 1. The lowest BCUT2D eigenvalue weighted by molar-refractivity contribution is -0.121. The molecule has 1 aromatic carbocycles. The minimum Gasteiger partial charge on any atom is -0.482 e. The van der Waals surface area contributed by atoms with Crippen LogP contribution in [0.15, 0.2) is 22.7 Å². The Morgan fingerprint density at radius 2 is 2.33 bits per heavy atom. The molecule has 0 fully saturated rings. The van der Waals surface area contributed by atoms with Gasteiger partial charge >= 0.3 is 0 Å². The molecule has 15 heavy (non-hydrogen) atoms. The third kappa shape index (κ3) is 2.13. The van der Waals surface area contributed by atoms with E-state index in [9.17, 15) is 4.79 Å². The lowest BCUT2D eigenvalue weighted by Crippen LogP contribution is -2.39. The van der Waals surface area contributed by atoms with Crippen LogP contribution in [0.5, 0.6) is 5.75 Å². The maximum atomic E-state index is 11.6. The number of hydrogen-bond acceptors (Lipinski definition) is 3. The van der Waals surface area contributed by atoms with Crippen molar-refractivity contribution in [3.8, 4) is 5.75 Å². The van der Waals surface area contributed by atoms with E-state index in [-0.39, 0.29) is 12.5 Å². The van der Waals surface area contributed by atoms with E-state index < -0.39 is 0 Å².